The molecule has 4 heteroatoms. The molecule has 2 rings (SSSR count). The zero-order valence-corrected chi connectivity index (χ0v) is 10.6. The van der Waals surface area contributed by atoms with Gasteiger partial charge < -0.3 is 0 Å². The summed E-state index contributed by atoms with van der Waals surface area (Å²) in [5, 5.41) is 7.00. The van der Waals surface area contributed by atoms with E-state index in [2.05, 4.69) is 26.1 Å². The number of nitrogens with zero attached hydrogens (tertiary/aromatic N) is 1. The van der Waals surface area contributed by atoms with Crippen molar-refractivity contribution < 1.29 is 4.79 Å². The zero-order valence-electron chi connectivity index (χ0n) is 9.04. The molecule has 16 heavy (non-hydrogen) atoms. The molecule has 0 aliphatic rings. The van der Waals surface area contributed by atoms with E-state index >= 15 is 0 Å². The average molecular weight is 279 g/mol. The molecule has 0 unspecified atom stereocenters. The highest BCUT2D eigenvalue weighted by molar-refractivity contribution is 9.10. The molecule has 0 spiro atoms. The summed E-state index contributed by atoms with van der Waals surface area (Å²) >= 11 is 3.47. The second-order valence-corrected chi connectivity index (χ2v) is 4.45. The molecule has 0 radical (unpaired) electrons. The van der Waals surface area contributed by atoms with Crippen LogP contribution >= 0.6 is 15.9 Å². The van der Waals surface area contributed by atoms with E-state index in [1.807, 2.05) is 31.2 Å². The minimum absolute atomic E-state index is 0.0250. The summed E-state index contributed by atoms with van der Waals surface area (Å²) in [6.45, 7) is 3.38. The maximum atomic E-state index is 11.6. The normalized spacial score (nSPS) is 10.4. The van der Waals surface area contributed by atoms with Gasteiger partial charge in [-0.15, -0.1) is 0 Å². The second kappa shape index (κ2) is 4.22. The number of nitrogens with one attached hydrogen (secondary N) is 1. The Morgan fingerprint density at radius 1 is 1.38 bits per heavy atom. The molecule has 1 N–H and O–H groups in total. The summed E-state index contributed by atoms with van der Waals surface area (Å²) in [5.41, 5.74) is 3.12. The number of H-pyrrole nitrogens is 1. The van der Waals surface area contributed by atoms with Crippen LogP contribution in [0.1, 0.15) is 23.0 Å². The van der Waals surface area contributed by atoms with Crippen LogP contribution in [-0.2, 0) is 0 Å². The number of hydrogen-bond donors (Lipinski definition) is 1. The highest BCUT2D eigenvalue weighted by Crippen LogP contribution is 2.30. The number of benzene rings is 1. The van der Waals surface area contributed by atoms with Crippen LogP contribution in [0.2, 0.25) is 0 Å². The van der Waals surface area contributed by atoms with Crippen molar-refractivity contribution in [1.82, 2.24) is 10.2 Å². The molecule has 0 saturated heterocycles. The van der Waals surface area contributed by atoms with E-state index in [4.69, 9.17) is 0 Å². The van der Waals surface area contributed by atoms with Crippen molar-refractivity contribution in [3.05, 3.63) is 40.0 Å². The first-order valence-corrected chi connectivity index (χ1v) is 5.71. The highest BCUT2D eigenvalue weighted by atomic mass is 79.9. The van der Waals surface area contributed by atoms with Gasteiger partial charge in [-0.25, -0.2) is 0 Å². The minimum atomic E-state index is 0.0250. The largest absolute Gasteiger partial charge is 0.294 e. The Balaban J connectivity index is 2.66. The molecular weight excluding hydrogens is 268 g/mol. The molecule has 0 aliphatic heterocycles. The number of carbonyl (C=O) groups is 1. The monoisotopic (exact) mass is 278 g/mol. The average Bonchev–Trinajstić information content (AvgIpc) is 2.61. The summed E-state index contributed by atoms with van der Waals surface area (Å²) in [6, 6.07) is 7.75. The van der Waals surface area contributed by atoms with E-state index in [0.29, 0.717) is 5.56 Å². The topological polar surface area (TPSA) is 45.8 Å². The smallest absolute Gasteiger partial charge is 0.163 e. The Bertz CT molecular complexity index is 546. The number of aromatic nitrogens is 2. The molecule has 82 valence electrons. The van der Waals surface area contributed by atoms with Gasteiger partial charge in [0.1, 0.15) is 0 Å². The SMILES string of the molecule is CC(=O)c1c(C)n[nH]c1-c1ccccc1Br. The summed E-state index contributed by atoms with van der Waals surface area (Å²) in [6.07, 6.45) is 0. The number of aryl methyl sites for hydroxylation is 1. The Kier molecular flexibility index (Phi) is 2.92. The number of aromatic amines is 1. The number of halogens is 1. The number of hydrogen-bond acceptors (Lipinski definition) is 2. The van der Waals surface area contributed by atoms with Crippen molar-refractivity contribution in [2.45, 2.75) is 13.8 Å². The van der Waals surface area contributed by atoms with Crippen LogP contribution in [0, 0.1) is 6.92 Å². The number of carbonyl (C=O) groups excluding carboxylic acids is 1. The van der Waals surface area contributed by atoms with Crippen molar-refractivity contribution in [3.8, 4) is 11.3 Å². The van der Waals surface area contributed by atoms with Gasteiger partial charge in [0.05, 0.1) is 17.0 Å². The number of Topliss-reactive ketones (excluding diaryl/α,β-unsaturated/α-hetero) is 1. The number of ketones is 1. The van der Waals surface area contributed by atoms with E-state index in [1.165, 1.54) is 0 Å². The van der Waals surface area contributed by atoms with Gasteiger partial charge in [0.15, 0.2) is 5.78 Å². The van der Waals surface area contributed by atoms with Crippen LogP contribution in [0.3, 0.4) is 0 Å². The lowest BCUT2D eigenvalue weighted by atomic mass is 10.0. The third-order valence-corrected chi connectivity index (χ3v) is 3.13. The van der Waals surface area contributed by atoms with Crippen LogP contribution < -0.4 is 0 Å². The molecule has 2 aromatic rings. The van der Waals surface area contributed by atoms with Gasteiger partial charge in [0.2, 0.25) is 0 Å². The van der Waals surface area contributed by atoms with E-state index in [1.54, 1.807) is 6.92 Å². The number of rotatable bonds is 2. The van der Waals surface area contributed by atoms with Crippen LogP contribution in [0.25, 0.3) is 11.3 Å². The van der Waals surface area contributed by atoms with Crippen molar-refractivity contribution in [1.29, 1.82) is 0 Å². The van der Waals surface area contributed by atoms with Gasteiger partial charge >= 0.3 is 0 Å². The maximum absolute atomic E-state index is 11.6. The molecule has 0 aliphatic carbocycles. The first kappa shape index (κ1) is 11.1. The highest BCUT2D eigenvalue weighted by Gasteiger charge is 2.16. The maximum Gasteiger partial charge on any atom is 0.163 e. The minimum Gasteiger partial charge on any atom is -0.294 e. The van der Waals surface area contributed by atoms with Crippen LogP contribution in [0.4, 0.5) is 0 Å². The van der Waals surface area contributed by atoms with Crippen LogP contribution in [0.15, 0.2) is 28.7 Å². The van der Waals surface area contributed by atoms with Gasteiger partial charge in [-0.2, -0.15) is 5.10 Å². The summed E-state index contributed by atoms with van der Waals surface area (Å²) in [5.74, 6) is 0.0250. The van der Waals surface area contributed by atoms with Crippen molar-refractivity contribution >= 4 is 21.7 Å². The molecule has 0 atom stereocenters. The van der Waals surface area contributed by atoms with Crippen molar-refractivity contribution in [3.63, 3.8) is 0 Å². The fourth-order valence-electron chi connectivity index (χ4n) is 1.72. The van der Waals surface area contributed by atoms with Gasteiger partial charge in [0.25, 0.3) is 0 Å². The molecule has 0 fully saturated rings. The first-order valence-electron chi connectivity index (χ1n) is 4.92. The van der Waals surface area contributed by atoms with Gasteiger partial charge in [-0.1, -0.05) is 34.1 Å². The van der Waals surface area contributed by atoms with Crippen LogP contribution in [-0.4, -0.2) is 16.0 Å². The molecular formula is C12H11BrN2O. The molecule has 1 aromatic heterocycles. The Hall–Kier alpha value is -1.42. The Labute approximate surface area is 102 Å². The third kappa shape index (κ3) is 1.80. The fraction of sp³-hybridized carbons (Fsp3) is 0.167. The Morgan fingerprint density at radius 2 is 2.06 bits per heavy atom. The predicted molar refractivity (Wildman–Crippen MR) is 66.5 cm³/mol. The Morgan fingerprint density at radius 3 is 2.69 bits per heavy atom. The molecule has 3 nitrogen and oxygen atoms in total. The van der Waals surface area contributed by atoms with E-state index in [9.17, 15) is 4.79 Å². The van der Waals surface area contributed by atoms with E-state index in [-0.39, 0.29) is 5.78 Å². The molecule has 0 amide bonds. The fourth-order valence-corrected chi connectivity index (χ4v) is 2.21. The molecule has 0 saturated carbocycles. The standard InChI is InChI=1S/C12H11BrN2O/c1-7-11(8(2)16)12(15-14-7)9-5-3-4-6-10(9)13/h3-6H,1-2H3,(H,14,15). The third-order valence-electron chi connectivity index (χ3n) is 2.44. The summed E-state index contributed by atoms with van der Waals surface area (Å²) < 4.78 is 0.946. The molecule has 0 bridgehead atoms. The quantitative estimate of drug-likeness (QED) is 0.857. The van der Waals surface area contributed by atoms with E-state index < -0.39 is 0 Å². The first-order chi connectivity index (χ1) is 7.61. The van der Waals surface area contributed by atoms with Crippen LogP contribution in [0.5, 0.6) is 0 Å². The predicted octanol–water partition coefficient (Wildman–Crippen LogP) is 3.35. The van der Waals surface area contributed by atoms with Gasteiger partial charge in [-0.05, 0) is 19.9 Å². The van der Waals surface area contributed by atoms with Gasteiger partial charge in [-0.3, -0.25) is 9.89 Å². The van der Waals surface area contributed by atoms with Gasteiger partial charge in [0, 0.05) is 10.0 Å². The molecule has 1 heterocycles. The second-order valence-electron chi connectivity index (χ2n) is 3.60. The van der Waals surface area contributed by atoms with Crippen molar-refractivity contribution in [2.75, 3.05) is 0 Å². The summed E-state index contributed by atoms with van der Waals surface area (Å²) in [4.78, 5) is 11.6. The lowest BCUT2D eigenvalue weighted by Gasteiger charge is -2.03. The zero-order chi connectivity index (χ0) is 11.7. The van der Waals surface area contributed by atoms with Crippen molar-refractivity contribution in [2.24, 2.45) is 0 Å². The lowest BCUT2D eigenvalue weighted by Crippen LogP contribution is -1.96. The lowest BCUT2D eigenvalue weighted by molar-refractivity contribution is 0.101. The summed E-state index contributed by atoms with van der Waals surface area (Å²) in [7, 11) is 0. The van der Waals surface area contributed by atoms with E-state index in [0.717, 1.165) is 21.4 Å². The molecule has 1 aromatic carbocycles.